The molecule has 1 saturated heterocycles. The monoisotopic (exact) mass is 252 g/mol. The van der Waals surface area contributed by atoms with Gasteiger partial charge in [0.25, 0.3) is 0 Å². The molecule has 0 radical (unpaired) electrons. The third-order valence-electron chi connectivity index (χ3n) is 2.71. The summed E-state index contributed by atoms with van der Waals surface area (Å²) in [5.74, 6) is 2.43. The van der Waals surface area contributed by atoms with Crippen molar-refractivity contribution < 1.29 is 5.21 Å². The van der Waals surface area contributed by atoms with E-state index in [4.69, 9.17) is 10.9 Å². The molecule has 1 fully saturated rings. The van der Waals surface area contributed by atoms with Crippen LogP contribution in [0.25, 0.3) is 0 Å². The van der Waals surface area contributed by atoms with Crippen LogP contribution < -0.4 is 10.6 Å². The molecule has 17 heavy (non-hydrogen) atoms. The van der Waals surface area contributed by atoms with Gasteiger partial charge in [-0.15, -0.1) is 0 Å². The molecule has 1 aromatic rings. The van der Waals surface area contributed by atoms with Crippen LogP contribution in [0.2, 0.25) is 0 Å². The van der Waals surface area contributed by atoms with Crippen LogP contribution in [0.4, 0.5) is 5.69 Å². The summed E-state index contributed by atoms with van der Waals surface area (Å²) in [6.07, 6.45) is 2.98. The summed E-state index contributed by atoms with van der Waals surface area (Å²) in [7, 11) is 0. The molecule has 2 heterocycles. The van der Waals surface area contributed by atoms with Crippen molar-refractivity contribution in [3.8, 4) is 0 Å². The maximum atomic E-state index is 8.55. The number of hydrogen-bond donors (Lipinski definition) is 2. The van der Waals surface area contributed by atoms with Crippen LogP contribution in [0.5, 0.6) is 0 Å². The lowest BCUT2D eigenvalue weighted by atomic mass is 10.3. The lowest BCUT2D eigenvalue weighted by Crippen LogP contribution is -2.25. The summed E-state index contributed by atoms with van der Waals surface area (Å²) < 4.78 is 0. The highest BCUT2D eigenvalue weighted by molar-refractivity contribution is 7.99. The number of amidine groups is 1. The van der Waals surface area contributed by atoms with Crippen LogP contribution in [0.3, 0.4) is 0 Å². The number of nitrogens with zero attached hydrogens (tertiary/aromatic N) is 3. The molecule has 0 saturated carbocycles. The fraction of sp³-hybridized carbons (Fsp3) is 0.455. The second-order valence-corrected chi connectivity index (χ2v) is 5.06. The van der Waals surface area contributed by atoms with Crippen molar-refractivity contribution in [3.63, 3.8) is 0 Å². The smallest absolute Gasteiger partial charge is 0.188 e. The van der Waals surface area contributed by atoms with E-state index in [0.29, 0.717) is 5.69 Å². The molecule has 6 heteroatoms. The lowest BCUT2D eigenvalue weighted by Gasteiger charge is -2.21. The predicted molar refractivity (Wildman–Crippen MR) is 70.9 cm³/mol. The van der Waals surface area contributed by atoms with Crippen LogP contribution in [-0.2, 0) is 0 Å². The Morgan fingerprint density at radius 3 is 3.00 bits per heavy atom. The van der Waals surface area contributed by atoms with Gasteiger partial charge in [0.1, 0.15) is 5.69 Å². The van der Waals surface area contributed by atoms with E-state index in [1.165, 1.54) is 12.2 Å². The van der Waals surface area contributed by atoms with Gasteiger partial charge < -0.3 is 15.8 Å². The van der Waals surface area contributed by atoms with Crippen molar-refractivity contribution in [1.82, 2.24) is 4.98 Å². The SMILES string of the molecule is N/C(=N/O)c1ccc(N2CCCSCC2)cn1. The Morgan fingerprint density at radius 1 is 1.41 bits per heavy atom. The summed E-state index contributed by atoms with van der Waals surface area (Å²) in [4.78, 5) is 6.51. The maximum Gasteiger partial charge on any atom is 0.188 e. The van der Waals surface area contributed by atoms with E-state index in [9.17, 15) is 0 Å². The van der Waals surface area contributed by atoms with Crippen LogP contribution >= 0.6 is 11.8 Å². The molecule has 0 amide bonds. The molecule has 0 atom stereocenters. The Bertz CT molecular complexity index is 385. The highest BCUT2D eigenvalue weighted by Crippen LogP contribution is 2.18. The van der Waals surface area contributed by atoms with E-state index in [1.54, 1.807) is 12.3 Å². The first-order chi connectivity index (χ1) is 8.31. The third kappa shape index (κ3) is 3.03. The van der Waals surface area contributed by atoms with Crippen LogP contribution in [-0.4, -0.2) is 40.6 Å². The Kier molecular flexibility index (Phi) is 4.08. The van der Waals surface area contributed by atoms with Crippen molar-refractivity contribution >= 4 is 23.3 Å². The summed E-state index contributed by atoms with van der Waals surface area (Å²) in [6.45, 7) is 2.12. The first-order valence-electron chi connectivity index (χ1n) is 5.58. The van der Waals surface area contributed by atoms with E-state index in [0.717, 1.165) is 24.5 Å². The van der Waals surface area contributed by atoms with Crippen molar-refractivity contribution in [1.29, 1.82) is 0 Å². The first kappa shape index (κ1) is 12.0. The Labute approximate surface area is 105 Å². The minimum Gasteiger partial charge on any atom is -0.409 e. The maximum absolute atomic E-state index is 8.55. The van der Waals surface area contributed by atoms with Gasteiger partial charge in [0.2, 0.25) is 0 Å². The quantitative estimate of drug-likeness (QED) is 0.357. The van der Waals surface area contributed by atoms with E-state index < -0.39 is 0 Å². The lowest BCUT2D eigenvalue weighted by molar-refractivity contribution is 0.318. The number of anilines is 1. The molecule has 92 valence electrons. The number of hydrogen-bond acceptors (Lipinski definition) is 5. The van der Waals surface area contributed by atoms with Crippen LogP contribution in [0, 0.1) is 0 Å². The topological polar surface area (TPSA) is 74.7 Å². The average molecular weight is 252 g/mol. The summed E-state index contributed by atoms with van der Waals surface area (Å²) in [6, 6.07) is 3.75. The van der Waals surface area contributed by atoms with Gasteiger partial charge in [0.15, 0.2) is 5.84 Å². The largest absolute Gasteiger partial charge is 0.409 e. The van der Waals surface area contributed by atoms with Gasteiger partial charge in [-0.2, -0.15) is 11.8 Å². The number of nitrogens with two attached hydrogens (primary N) is 1. The van der Waals surface area contributed by atoms with Gasteiger partial charge in [-0.3, -0.25) is 4.98 Å². The number of pyridine rings is 1. The number of rotatable bonds is 2. The fourth-order valence-corrected chi connectivity index (χ4v) is 2.67. The van der Waals surface area contributed by atoms with Crippen molar-refractivity contribution in [2.24, 2.45) is 10.9 Å². The predicted octanol–water partition coefficient (Wildman–Crippen LogP) is 1.12. The first-order valence-corrected chi connectivity index (χ1v) is 6.73. The number of aromatic nitrogens is 1. The zero-order chi connectivity index (χ0) is 12.1. The molecule has 2 rings (SSSR count). The molecule has 1 aliphatic heterocycles. The number of oxime groups is 1. The summed E-state index contributed by atoms with van der Waals surface area (Å²) in [5, 5.41) is 11.5. The molecule has 0 aromatic carbocycles. The van der Waals surface area contributed by atoms with Crippen molar-refractivity contribution in [3.05, 3.63) is 24.0 Å². The summed E-state index contributed by atoms with van der Waals surface area (Å²) in [5.41, 5.74) is 7.07. The van der Waals surface area contributed by atoms with Crippen LogP contribution in [0.15, 0.2) is 23.5 Å². The molecular formula is C11H16N4OS. The van der Waals surface area contributed by atoms with Gasteiger partial charge in [-0.05, 0) is 24.3 Å². The molecule has 0 aliphatic carbocycles. The second-order valence-electron chi connectivity index (χ2n) is 3.84. The van der Waals surface area contributed by atoms with E-state index >= 15 is 0 Å². The Hall–Kier alpha value is -1.43. The van der Waals surface area contributed by atoms with Crippen LogP contribution in [0.1, 0.15) is 12.1 Å². The average Bonchev–Trinajstić information content (AvgIpc) is 2.67. The van der Waals surface area contributed by atoms with E-state index in [1.807, 2.05) is 17.8 Å². The molecule has 3 N–H and O–H groups in total. The van der Waals surface area contributed by atoms with Gasteiger partial charge in [0.05, 0.1) is 11.9 Å². The third-order valence-corrected chi connectivity index (χ3v) is 3.75. The molecule has 1 aliphatic rings. The zero-order valence-corrected chi connectivity index (χ0v) is 10.4. The molecular weight excluding hydrogens is 236 g/mol. The van der Waals surface area contributed by atoms with Gasteiger partial charge in [0, 0.05) is 18.8 Å². The van der Waals surface area contributed by atoms with Gasteiger partial charge in [-0.25, -0.2) is 0 Å². The minimum atomic E-state index is 0.0444. The fourth-order valence-electron chi connectivity index (χ4n) is 1.78. The standard InChI is InChI=1S/C11H16N4OS/c12-11(14-16)10-3-2-9(8-13-10)15-4-1-6-17-7-5-15/h2-3,8,16H,1,4-7H2,(H2,12,14). The molecule has 0 spiro atoms. The highest BCUT2D eigenvalue weighted by Gasteiger charge is 2.10. The van der Waals surface area contributed by atoms with Gasteiger partial charge in [-0.1, -0.05) is 5.16 Å². The van der Waals surface area contributed by atoms with Crippen molar-refractivity contribution in [2.75, 3.05) is 29.5 Å². The molecule has 5 nitrogen and oxygen atoms in total. The van der Waals surface area contributed by atoms with Crippen molar-refractivity contribution in [2.45, 2.75) is 6.42 Å². The summed E-state index contributed by atoms with van der Waals surface area (Å²) >= 11 is 1.99. The van der Waals surface area contributed by atoms with Gasteiger partial charge >= 0.3 is 0 Å². The zero-order valence-electron chi connectivity index (χ0n) is 9.54. The van der Waals surface area contributed by atoms with E-state index in [-0.39, 0.29) is 5.84 Å². The molecule has 1 aromatic heterocycles. The number of thioether (sulfide) groups is 1. The molecule has 0 unspecified atom stereocenters. The Balaban J connectivity index is 2.11. The second kappa shape index (κ2) is 5.77. The highest BCUT2D eigenvalue weighted by atomic mass is 32.2. The minimum absolute atomic E-state index is 0.0444. The molecule has 0 bridgehead atoms. The normalized spacial score (nSPS) is 17.9. The van der Waals surface area contributed by atoms with E-state index in [2.05, 4.69) is 15.0 Å². The Morgan fingerprint density at radius 2 is 2.29 bits per heavy atom.